The van der Waals surface area contributed by atoms with E-state index in [1.54, 1.807) is 12.1 Å². The summed E-state index contributed by atoms with van der Waals surface area (Å²) in [5.41, 5.74) is 0.675. The van der Waals surface area contributed by atoms with Crippen molar-refractivity contribution in [1.82, 2.24) is 0 Å². The fourth-order valence-electron chi connectivity index (χ4n) is 1.45. The number of ether oxygens (including phenoxy) is 1. The molecule has 5 heteroatoms. The molecule has 0 fully saturated rings. The van der Waals surface area contributed by atoms with Gasteiger partial charge in [-0.25, -0.2) is 0 Å². The third-order valence-corrected chi connectivity index (χ3v) is 8.79. The van der Waals surface area contributed by atoms with Gasteiger partial charge in [0.1, 0.15) is 12.4 Å². The van der Waals surface area contributed by atoms with Gasteiger partial charge < -0.3 is 14.3 Å². The lowest BCUT2D eigenvalue weighted by atomic mass is 10.2. The number of rotatable bonds is 6. The molecule has 0 spiro atoms. The molecule has 0 heterocycles. The van der Waals surface area contributed by atoms with Gasteiger partial charge in [0.25, 0.3) is 0 Å². The Bertz CT molecular complexity index is 441. The summed E-state index contributed by atoms with van der Waals surface area (Å²) in [7, 11) is -1.73. The van der Waals surface area contributed by atoms with Crippen molar-refractivity contribution in [1.29, 1.82) is 0 Å². The van der Waals surface area contributed by atoms with E-state index >= 15 is 0 Å². The van der Waals surface area contributed by atoms with E-state index in [2.05, 4.69) is 33.9 Å². The Morgan fingerprint density at radius 1 is 1.20 bits per heavy atom. The van der Waals surface area contributed by atoms with Crippen molar-refractivity contribution in [3.05, 3.63) is 28.8 Å². The van der Waals surface area contributed by atoms with Crippen molar-refractivity contribution in [3.63, 3.8) is 0 Å². The molecule has 0 aliphatic rings. The van der Waals surface area contributed by atoms with Gasteiger partial charge in [-0.2, -0.15) is 0 Å². The molecule has 0 bridgehead atoms. The molecule has 0 aliphatic carbocycles. The highest BCUT2D eigenvalue weighted by atomic mass is 35.5. The van der Waals surface area contributed by atoms with Crippen LogP contribution in [-0.2, 0) is 11.0 Å². The zero-order valence-corrected chi connectivity index (χ0v) is 14.8. The molecule has 0 radical (unpaired) electrons. The maximum Gasteiger partial charge on any atom is 0.192 e. The standard InChI is InChI=1S/C15H25ClO3Si/c1-15(2,3)20(4,5)19-10-9-18-13-8-6-7-12(11-17)14(13)16/h6-8,17H,9-11H2,1-5H3. The highest BCUT2D eigenvalue weighted by Gasteiger charge is 2.36. The topological polar surface area (TPSA) is 38.7 Å². The first-order chi connectivity index (χ1) is 9.19. The largest absolute Gasteiger partial charge is 0.490 e. The van der Waals surface area contributed by atoms with Crippen LogP contribution in [0.3, 0.4) is 0 Å². The van der Waals surface area contributed by atoms with Gasteiger partial charge in [0.15, 0.2) is 8.32 Å². The summed E-state index contributed by atoms with van der Waals surface area (Å²) in [4.78, 5) is 0. The maximum atomic E-state index is 9.15. The fraction of sp³-hybridized carbons (Fsp3) is 0.600. The Balaban J connectivity index is 2.50. The Morgan fingerprint density at radius 2 is 1.85 bits per heavy atom. The van der Waals surface area contributed by atoms with Crippen LogP contribution in [0.1, 0.15) is 26.3 Å². The van der Waals surface area contributed by atoms with Gasteiger partial charge in [0.2, 0.25) is 0 Å². The molecule has 0 atom stereocenters. The molecule has 1 aromatic carbocycles. The number of halogens is 1. The Hall–Kier alpha value is -0.553. The molecule has 1 rings (SSSR count). The second kappa shape index (κ2) is 6.94. The number of aliphatic hydroxyl groups is 1. The lowest BCUT2D eigenvalue weighted by Gasteiger charge is -2.36. The number of hydrogen-bond donors (Lipinski definition) is 1. The molecule has 20 heavy (non-hydrogen) atoms. The summed E-state index contributed by atoms with van der Waals surface area (Å²) >= 11 is 6.13. The first-order valence-corrected chi connectivity index (χ1v) is 10.1. The Kier molecular flexibility index (Phi) is 6.07. The summed E-state index contributed by atoms with van der Waals surface area (Å²) in [6, 6.07) is 5.40. The van der Waals surface area contributed by atoms with Crippen molar-refractivity contribution >= 4 is 19.9 Å². The van der Waals surface area contributed by atoms with E-state index in [9.17, 15) is 0 Å². The number of benzene rings is 1. The lowest BCUT2D eigenvalue weighted by Crippen LogP contribution is -2.41. The van der Waals surface area contributed by atoms with Gasteiger partial charge in [-0.3, -0.25) is 0 Å². The first kappa shape index (κ1) is 17.5. The zero-order chi connectivity index (χ0) is 15.4. The van der Waals surface area contributed by atoms with Crippen LogP contribution < -0.4 is 4.74 Å². The maximum absolute atomic E-state index is 9.15. The highest BCUT2D eigenvalue weighted by Crippen LogP contribution is 2.36. The predicted molar refractivity (Wildman–Crippen MR) is 86.0 cm³/mol. The minimum atomic E-state index is -1.73. The van der Waals surface area contributed by atoms with E-state index in [0.717, 1.165) is 0 Å². The molecule has 0 saturated carbocycles. The molecule has 0 unspecified atom stereocenters. The van der Waals surface area contributed by atoms with Crippen molar-refractivity contribution in [2.75, 3.05) is 13.2 Å². The molecule has 1 N–H and O–H groups in total. The summed E-state index contributed by atoms with van der Waals surface area (Å²) in [6.45, 7) is 12.0. The summed E-state index contributed by atoms with van der Waals surface area (Å²) in [5.74, 6) is 0.594. The van der Waals surface area contributed by atoms with Crippen LogP contribution in [0.15, 0.2) is 18.2 Å². The van der Waals surface area contributed by atoms with E-state index in [-0.39, 0.29) is 11.6 Å². The lowest BCUT2D eigenvalue weighted by molar-refractivity contribution is 0.203. The molecule has 1 aromatic rings. The SMILES string of the molecule is CC(C)(C)[Si](C)(C)OCCOc1cccc(CO)c1Cl. The Morgan fingerprint density at radius 3 is 2.40 bits per heavy atom. The monoisotopic (exact) mass is 316 g/mol. The van der Waals surface area contributed by atoms with Crippen LogP contribution >= 0.6 is 11.6 Å². The van der Waals surface area contributed by atoms with Gasteiger partial charge in [0, 0.05) is 0 Å². The van der Waals surface area contributed by atoms with Gasteiger partial charge in [0.05, 0.1) is 18.2 Å². The molecular formula is C15H25ClO3Si. The normalized spacial score (nSPS) is 12.6. The zero-order valence-electron chi connectivity index (χ0n) is 13.0. The molecule has 0 saturated heterocycles. The Labute approximate surface area is 128 Å². The van der Waals surface area contributed by atoms with Crippen molar-refractivity contribution in [3.8, 4) is 5.75 Å². The van der Waals surface area contributed by atoms with E-state index in [4.69, 9.17) is 25.9 Å². The van der Waals surface area contributed by atoms with Crippen LogP contribution in [0.25, 0.3) is 0 Å². The minimum Gasteiger partial charge on any atom is -0.490 e. The second-order valence-electron chi connectivity index (χ2n) is 6.34. The third-order valence-electron chi connectivity index (χ3n) is 3.82. The summed E-state index contributed by atoms with van der Waals surface area (Å²) in [5, 5.41) is 9.82. The van der Waals surface area contributed by atoms with E-state index < -0.39 is 8.32 Å². The summed E-state index contributed by atoms with van der Waals surface area (Å²) in [6.07, 6.45) is 0. The summed E-state index contributed by atoms with van der Waals surface area (Å²) < 4.78 is 11.7. The van der Waals surface area contributed by atoms with Crippen molar-refractivity contribution in [2.45, 2.75) is 45.5 Å². The van der Waals surface area contributed by atoms with Crippen LogP contribution in [0.5, 0.6) is 5.75 Å². The average molecular weight is 317 g/mol. The molecule has 0 aliphatic heterocycles. The van der Waals surface area contributed by atoms with Gasteiger partial charge >= 0.3 is 0 Å². The average Bonchev–Trinajstić information content (AvgIpc) is 2.35. The molecular weight excluding hydrogens is 292 g/mol. The van der Waals surface area contributed by atoms with Gasteiger partial charge in [-0.05, 0) is 29.8 Å². The minimum absolute atomic E-state index is 0.0868. The van der Waals surface area contributed by atoms with E-state index in [1.165, 1.54) is 0 Å². The van der Waals surface area contributed by atoms with Crippen molar-refractivity contribution < 1.29 is 14.3 Å². The molecule has 114 valence electrons. The van der Waals surface area contributed by atoms with E-state index in [1.807, 2.05) is 6.07 Å². The van der Waals surface area contributed by atoms with Crippen LogP contribution in [0, 0.1) is 0 Å². The number of aliphatic hydroxyl groups excluding tert-OH is 1. The molecule has 0 aromatic heterocycles. The van der Waals surface area contributed by atoms with Crippen LogP contribution in [-0.4, -0.2) is 26.6 Å². The van der Waals surface area contributed by atoms with Crippen LogP contribution in [0.4, 0.5) is 0 Å². The molecule has 0 amide bonds. The van der Waals surface area contributed by atoms with E-state index in [0.29, 0.717) is 29.5 Å². The predicted octanol–water partition coefficient (Wildman–Crippen LogP) is 4.23. The second-order valence-corrected chi connectivity index (χ2v) is 11.5. The van der Waals surface area contributed by atoms with Gasteiger partial charge in [-0.15, -0.1) is 0 Å². The molecule has 3 nitrogen and oxygen atoms in total. The van der Waals surface area contributed by atoms with Crippen molar-refractivity contribution in [2.24, 2.45) is 0 Å². The fourth-order valence-corrected chi connectivity index (χ4v) is 2.72. The quantitative estimate of drug-likeness (QED) is 0.630. The first-order valence-electron chi connectivity index (χ1n) is 6.84. The third kappa shape index (κ3) is 4.48. The van der Waals surface area contributed by atoms with Gasteiger partial charge in [-0.1, -0.05) is 44.5 Å². The highest BCUT2D eigenvalue weighted by molar-refractivity contribution is 6.74. The number of hydrogen-bond acceptors (Lipinski definition) is 3. The smallest absolute Gasteiger partial charge is 0.192 e. The van der Waals surface area contributed by atoms with Crippen LogP contribution in [0.2, 0.25) is 23.2 Å².